The highest BCUT2D eigenvalue weighted by atomic mass is 35.5. The molecule has 1 N–H and O–H groups in total. The molecule has 0 aliphatic heterocycles. The van der Waals surface area contributed by atoms with Gasteiger partial charge in [-0.15, -0.1) is 0 Å². The molecule has 5 nitrogen and oxygen atoms in total. The number of rotatable bonds is 6. The molecule has 1 aromatic heterocycles. The number of nitrogens with one attached hydrogen (secondary N) is 1. The smallest absolute Gasteiger partial charge is 0.417 e. The molecule has 0 atom stereocenters. The van der Waals surface area contributed by atoms with Crippen LogP contribution >= 0.6 is 11.6 Å². The summed E-state index contributed by atoms with van der Waals surface area (Å²) in [6, 6.07) is 15.0. The van der Waals surface area contributed by atoms with Gasteiger partial charge in [0.25, 0.3) is 0 Å². The number of nitrogens with zero attached hydrogens (tertiary/aromatic N) is 1. The molecule has 0 aliphatic rings. The summed E-state index contributed by atoms with van der Waals surface area (Å²) in [5, 5.41) is -0.318. The monoisotopic (exact) mass is 442 g/mol. The van der Waals surface area contributed by atoms with Crippen molar-refractivity contribution < 1.29 is 26.3 Å². The fourth-order valence-electron chi connectivity index (χ4n) is 2.31. The molecule has 2 aromatic carbocycles. The summed E-state index contributed by atoms with van der Waals surface area (Å²) in [4.78, 5) is 3.58. The predicted octanol–water partition coefficient (Wildman–Crippen LogP) is 5.02. The Bertz CT molecular complexity index is 1090. The van der Waals surface area contributed by atoms with Crippen molar-refractivity contribution in [1.82, 2.24) is 9.71 Å². The number of pyridine rings is 1. The second-order valence-electron chi connectivity index (χ2n) is 5.89. The van der Waals surface area contributed by atoms with Crippen molar-refractivity contribution in [1.29, 1.82) is 0 Å². The quantitative estimate of drug-likeness (QED) is 0.581. The van der Waals surface area contributed by atoms with Crippen LogP contribution in [0.2, 0.25) is 5.02 Å². The molecule has 1 heterocycles. The van der Waals surface area contributed by atoms with Gasteiger partial charge in [-0.2, -0.15) is 13.2 Å². The molecular weight excluding hydrogens is 429 g/mol. The van der Waals surface area contributed by atoms with Crippen LogP contribution in [0.5, 0.6) is 11.6 Å². The first kappa shape index (κ1) is 21.1. The Balaban J connectivity index is 1.70. The van der Waals surface area contributed by atoms with Gasteiger partial charge >= 0.3 is 6.18 Å². The number of ether oxygens (including phenoxy) is 1. The molecule has 152 valence electrons. The third kappa shape index (κ3) is 5.47. The third-order valence-corrected chi connectivity index (χ3v) is 5.48. The van der Waals surface area contributed by atoms with Crippen molar-refractivity contribution in [3.63, 3.8) is 0 Å². The van der Waals surface area contributed by atoms with Crippen molar-refractivity contribution >= 4 is 21.6 Å². The first-order valence-electron chi connectivity index (χ1n) is 8.19. The highest BCUT2D eigenvalue weighted by Crippen LogP contribution is 2.34. The van der Waals surface area contributed by atoms with E-state index >= 15 is 0 Å². The number of aromatic nitrogens is 1. The van der Waals surface area contributed by atoms with Gasteiger partial charge in [0.1, 0.15) is 10.8 Å². The van der Waals surface area contributed by atoms with Crippen LogP contribution in [0.15, 0.2) is 71.8 Å². The van der Waals surface area contributed by atoms with E-state index in [0.717, 1.165) is 5.56 Å². The number of alkyl halides is 3. The van der Waals surface area contributed by atoms with Gasteiger partial charge in [0.2, 0.25) is 15.9 Å². The van der Waals surface area contributed by atoms with Crippen LogP contribution in [0.25, 0.3) is 0 Å². The van der Waals surface area contributed by atoms with Crippen molar-refractivity contribution in [2.45, 2.75) is 17.6 Å². The van der Waals surface area contributed by atoms with Crippen molar-refractivity contribution in [2.75, 3.05) is 0 Å². The van der Waals surface area contributed by atoms with Gasteiger partial charge in [-0.3, -0.25) is 0 Å². The molecule has 0 radical (unpaired) electrons. The largest absolute Gasteiger partial charge is 0.438 e. The highest BCUT2D eigenvalue weighted by Gasteiger charge is 2.31. The van der Waals surface area contributed by atoms with Crippen LogP contribution < -0.4 is 9.46 Å². The van der Waals surface area contributed by atoms with Gasteiger partial charge in [0, 0.05) is 12.7 Å². The van der Waals surface area contributed by atoms with E-state index in [9.17, 15) is 21.6 Å². The van der Waals surface area contributed by atoms with E-state index in [1.807, 2.05) is 6.07 Å². The van der Waals surface area contributed by atoms with E-state index in [1.54, 1.807) is 24.3 Å². The second kappa shape index (κ2) is 8.40. The SMILES string of the molecule is O=S(=O)(NCc1ccccc1)c1ccc(Oc2ncc(C(F)(F)F)cc2Cl)cc1. The lowest BCUT2D eigenvalue weighted by Crippen LogP contribution is -2.23. The molecule has 0 saturated carbocycles. The number of sulfonamides is 1. The van der Waals surface area contributed by atoms with Crippen LogP contribution in [0.4, 0.5) is 13.2 Å². The summed E-state index contributed by atoms with van der Waals surface area (Å²) < 4.78 is 70.5. The molecule has 0 unspecified atom stereocenters. The number of benzene rings is 2. The molecule has 3 rings (SSSR count). The Labute approximate surface area is 170 Å². The lowest BCUT2D eigenvalue weighted by Gasteiger charge is -2.11. The van der Waals surface area contributed by atoms with Gasteiger partial charge in [0.15, 0.2) is 0 Å². The maximum Gasteiger partial charge on any atom is 0.417 e. The topological polar surface area (TPSA) is 68.3 Å². The van der Waals surface area contributed by atoms with E-state index in [4.69, 9.17) is 16.3 Å². The third-order valence-electron chi connectivity index (χ3n) is 3.79. The van der Waals surface area contributed by atoms with Gasteiger partial charge in [-0.25, -0.2) is 18.1 Å². The Hall–Kier alpha value is -2.62. The normalized spacial score (nSPS) is 12.0. The standard InChI is InChI=1S/C19H14ClF3N2O3S/c20-17-10-14(19(21,22)23)12-24-18(17)28-15-6-8-16(9-7-15)29(26,27)25-11-13-4-2-1-3-5-13/h1-10,12,25H,11H2. The van der Waals surface area contributed by atoms with E-state index in [1.165, 1.54) is 24.3 Å². The van der Waals surface area contributed by atoms with Gasteiger partial charge in [-0.1, -0.05) is 41.9 Å². The average Bonchev–Trinajstić information content (AvgIpc) is 2.68. The minimum absolute atomic E-state index is 0.00672. The van der Waals surface area contributed by atoms with Gasteiger partial charge in [-0.05, 0) is 35.9 Å². The zero-order chi connectivity index (χ0) is 21.1. The molecule has 0 saturated heterocycles. The molecular formula is C19H14ClF3N2O3S. The van der Waals surface area contributed by atoms with E-state index in [0.29, 0.717) is 12.3 Å². The van der Waals surface area contributed by atoms with Crippen molar-refractivity contribution in [3.8, 4) is 11.6 Å². The van der Waals surface area contributed by atoms with E-state index in [2.05, 4.69) is 9.71 Å². The van der Waals surface area contributed by atoms with Crippen LogP contribution in [-0.4, -0.2) is 13.4 Å². The Kier molecular flexibility index (Phi) is 6.11. The number of halogens is 4. The highest BCUT2D eigenvalue weighted by molar-refractivity contribution is 7.89. The molecule has 0 bridgehead atoms. The Morgan fingerprint density at radius 1 is 1.03 bits per heavy atom. The fourth-order valence-corrected chi connectivity index (χ4v) is 3.53. The predicted molar refractivity (Wildman–Crippen MR) is 101 cm³/mol. The molecule has 3 aromatic rings. The minimum Gasteiger partial charge on any atom is -0.438 e. The summed E-state index contributed by atoms with van der Waals surface area (Å²) in [7, 11) is -3.75. The Morgan fingerprint density at radius 2 is 1.69 bits per heavy atom. The van der Waals surface area contributed by atoms with Crippen LogP contribution in [0.1, 0.15) is 11.1 Å². The minimum atomic E-state index is -4.57. The van der Waals surface area contributed by atoms with Crippen molar-refractivity contribution in [2.24, 2.45) is 0 Å². The molecule has 29 heavy (non-hydrogen) atoms. The van der Waals surface area contributed by atoms with E-state index in [-0.39, 0.29) is 28.1 Å². The van der Waals surface area contributed by atoms with Crippen molar-refractivity contribution in [3.05, 3.63) is 83.0 Å². The first-order valence-corrected chi connectivity index (χ1v) is 10.1. The number of hydrogen-bond acceptors (Lipinski definition) is 4. The maximum absolute atomic E-state index is 12.7. The summed E-state index contributed by atoms with van der Waals surface area (Å²) in [5.74, 6) is -0.0568. The molecule has 0 amide bonds. The van der Waals surface area contributed by atoms with Gasteiger partial charge < -0.3 is 4.74 Å². The molecule has 0 spiro atoms. The zero-order valence-corrected chi connectivity index (χ0v) is 16.2. The molecule has 0 aliphatic carbocycles. The van der Waals surface area contributed by atoms with E-state index < -0.39 is 21.8 Å². The average molecular weight is 443 g/mol. The lowest BCUT2D eigenvalue weighted by atomic mass is 10.2. The van der Waals surface area contributed by atoms with Crippen LogP contribution in [0.3, 0.4) is 0 Å². The first-order chi connectivity index (χ1) is 13.6. The van der Waals surface area contributed by atoms with Crippen LogP contribution in [-0.2, 0) is 22.7 Å². The molecule has 10 heteroatoms. The summed E-state index contributed by atoms with van der Waals surface area (Å²) in [5.41, 5.74) is -0.195. The lowest BCUT2D eigenvalue weighted by molar-refractivity contribution is -0.137. The Morgan fingerprint density at radius 3 is 2.28 bits per heavy atom. The summed E-state index contributed by atoms with van der Waals surface area (Å²) in [6.45, 7) is 0.131. The summed E-state index contributed by atoms with van der Waals surface area (Å²) in [6.07, 6.45) is -3.97. The summed E-state index contributed by atoms with van der Waals surface area (Å²) >= 11 is 5.80. The molecule has 0 fully saturated rings. The van der Waals surface area contributed by atoms with Crippen LogP contribution in [0, 0.1) is 0 Å². The maximum atomic E-state index is 12.7. The zero-order valence-electron chi connectivity index (χ0n) is 14.7. The fraction of sp³-hybridized carbons (Fsp3) is 0.105. The second-order valence-corrected chi connectivity index (χ2v) is 8.07. The number of hydrogen-bond donors (Lipinski definition) is 1. The van der Waals surface area contributed by atoms with Gasteiger partial charge in [0.05, 0.1) is 10.5 Å².